The maximum absolute atomic E-state index is 5.77. The van der Waals surface area contributed by atoms with Crippen LogP contribution in [0.4, 0.5) is 5.69 Å². The first-order chi connectivity index (χ1) is 7.84. The predicted octanol–water partition coefficient (Wildman–Crippen LogP) is 1.83. The summed E-state index contributed by atoms with van der Waals surface area (Å²) in [6.07, 6.45) is 6.19. The lowest BCUT2D eigenvalue weighted by Gasteiger charge is -2.05. The first-order valence-electron chi connectivity index (χ1n) is 5.04. The minimum Gasteiger partial charge on any atom is -0.385 e. The second-order valence-electron chi connectivity index (χ2n) is 3.31. The van der Waals surface area contributed by atoms with Crippen LogP contribution < -0.4 is 5.32 Å². The Morgan fingerprint density at radius 3 is 3.06 bits per heavy atom. The van der Waals surface area contributed by atoms with Gasteiger partial charge in [0.25, 0.3) is 0 Å². The van der Waals surface area contributed by atoms with Crippen molar-refractivity contribution in [3.05, 3.63) is 35.9 Å². The number of hydrogen-bond donors (Lipinski definition) is 1. The van der Waals surface area contributed by atoms with Crippen LogP contribution in [-0.2, 0) is 6.54 Å². The summed E-state index contributed by atoms with van der Waals surface area (Å²) in [4.78, 5) is 3.91. The fraction of sp³-hybridized carbons (Fsp3) is 0.300. The summed E-state index contributed by atoms with van der Waals surface area (Å²) >= 11 is 5.77. The van der Waals surface area contributed by atoms with E-state index in [1.807, 2.05) is 12.3 Å². The van der Waals surface area contributed by atoms with Crippen molar-refractivity contribution < 1.29 is 0 Å². The van der Waals surface area contributed by atoms with Crippen molar-refractivity contribution in [1.29, 1.82) is 0 Å². The molecule has 0 bridgehead atoms. The molecule has 0 unspecified atom stereocenters. The zero-order valence-electron chi connectivity index (χ0n) is 8.67. The lowest BCUT2D eigenvalue weighted by Crippen LogP contribution is -2.07. The van der Waals surface area contributed by atoms with Crippen molar-refractivity contribution in [2.45, 2.75) is 13.0 Å². The molecule has 16 heavy (non-hydrogen) atoms. The number of nitrogens with zero attached hydrogens (tertiary/aromatic N) is 4. The Hall–Kier alpha value is -1.62. The van der Waals surface area contributed by atoms with Gasteiger partial charge in [0.1, 0.15) is 5.15 Å². The molecule has 0 saturated carbocycles. The standard InChI is InChI=1S/C10H12ClN5/c11-10-8-9(2-4-13-10)12-3-1-6-16-7-5-14-15-16/h2,4-5,7-8H,1,3,6H2,(H,12,13). The molecule has 2 heterocycles. The van der Waals surface area contributed by atoms with Crippen LogP contribution in [0.2, 0.25) is 5.15 Å². The third kappa shape index (κ3) is 3.20. The summed E-state index contributed by atoms with van der Waals surface area (Å²) in [5, 5.41) is 11.4. The lowest BCUT2D eigenvalue weighted by molar-refractivity contribution is 0.570. The minimum absolute atomic E-state index is 0.501. The maximum atomic E-state index is 5.77. The van der Waals surface area contributed by atoms with Gasteiger partial charge < -0.3 is 5.32 Å². The largest absolute Gasteiger partial charge is 0.385 e. The quantitative estimate of drug-likeness (QED) is 0.637. The maximum Gasteiger partial charge on any atom is 0.131 e. The molecule has 2 aromatic rings. The Morgan fingerprint density at radius 2 is 2.31 bits per heavy atom. The van der Waals surface area contributed by atoms with E-state index in [1.54, 1.807) is 23.1 Å². The van der Waals surface area contributed by atoms with E-state index in [-0.39, 0.29) is 0 Å². The Labute approximate surface area is 98.5 Å². The first kappa shape index (κ1) is 10.9. The van der Waals surface area contributed by atoms with Crippen LogP contribution in [-0.4, -0.2) is 26.5 Å². The predicted molar refractivity (Wildman–Crippen MR) is 62.4 cm³/mol. The zero-order valence-corrected chi connectivity index (χ0v) is 9.43. The van der Waals surface area contributed by atoms with Crippen molar-refractivity contribution in [2.75, 3.05) is 11.9 Å². The van der Waals surface area contributed by atoms with Gasteiger partial charge in [0, 0.05) is 31.2 Å². The van der Waals surface area contributed by atoms with Gasteiger partial charge in [-0.05, 0) is 18.6 Å². The smallest absolute Gasteiger partial charge is 0.131 e. The molecule has 2 aromatic heterocycles. The van der Waals surface area contributed by atoms with E-state index >= 15 is 0 Å². The van der Waals surface area contributed by atoms with Gasteiger partial charge in [-0.1, -0.05) is 16.8 Å². The van der Waals surface area contributed by atoms with E-state index in [9.17, 15) is 0 Å². The van der Waals surface area contributed by atoms with Crippen molar-refractivity contribution in [3.63, 3.8) is 0 Å². The van der Waals surface area contributed by atoms with Gasteiger partial charge >= 0.3 is 0 Å². The van der Waals surface area contributed by atoms with Gasteiger partial charge in [-0.2, -0.15) is 0 Å². The molecule has 0 atom stereocenters. The molecule has 0 saturated heterocycles. The van der Waals surface area contributed by atoms with Gasteiger partial charge in [-0.25, -0.2) is 4.98 Å². The number of aryl methyl sites for hydroxylation is 1. The third-order valence-electron chi connectivity index (χ3n) is 2.09. The minimum atomic E-state index is 0.501. The van der Waals surface area contributed by atoms with Gasteiger partial charge in [-0.3, -0.25) is 4.68 Å². The molecule has 0 spiro atoms. The number of pyridine rings is 1. The van der Waals surface area contributed by atoms with Crippen LogP contribution in [0, 0.1) is 0 Å². The van der Waals surface area contributed by atoms with E-state index < -0.39 is 0 Å². The molecule has 0 aromatic carbocycles. The average molecular weight is 238 g/mol. The molecule has 0 aliphatic carbocycles. The molecule has 1 N–H and O–H groups in total. The van der Waals surface area contributed by atoms with Crippen LogP contribution in [0.3, 0.4) is 0 Å². The van der Waals surface area contributed by atoms with Gasteiger partial charge in [-0.15, -0.1) is 5.10 Å². The van der Waals surface area contributed by atoms with Crippen LogP contribution >= 0.6 is 11.6 Å². The molecule has 84 valence electrons. The summed E-state index contributed by atoms with van der Waals surface area (Å²) < 4.78 is 1.81. The van der Waals surface area contributed by atoms with Gasteiger partial charge in [0.15, 0.2) is 0 Å². The Morgan fingerprint density at radius 1 is 1.38 bits per heavy atom. The molecule has 0 fully saturated rings. The van der Waals surface area contributed by atoms with E-state index in [2.05, 4.69) is 20.6 Å². The average Bonchev–Trinajstić information content (AvgIpc) is 2.77. The number of hydrogen-bond acceptors (Lipinski definition) is 4. The summed E-state index contributed by atoms with van der Waals surface area (Å²) in [6, 6.07) is 3.69. The first-order valence-corrected chi connectivity index (χ1v) is 5.42. The highest BCUT2D eigenvalue weighted by atomic mass is 35.5. The molecular weight excluding hydrogens is 226 g/mol. The van der Waals surface area contributed by atoms with Gasteiger partial charge in [0.2, 0.25) is 0 Å². The van der Waals surface area contributed by atoms with Crippen LogP contribution in [0.25, 0.3) is 0 Å². The molecule has 5 nitrogen and oxygen atoms in total. The fourth-order valence-corrected chi connectivity index (χ4v) is 1.51. The van der Waals surface area contributed by atoms with Crippen LogP contribution in [0.15, 0.2) is 30.7 Å². The highest BCUT2D eigenvalue weighted by Crippen LogP contribution is 2.11. The van der Waals surface area contributed by atoms with Gasteiger partial charge in [0.05, 0.1) is 6.20 Å². The Kier molecular flexibility index (Phi) is 3.71. The van der Waals surface area contributed by atoms with E-state index in [0.29, 0.717) is 5.15 Å². The topological polar surface area (TPSA) is 55.6 Å². The fourth-order valence-electron chi connectivity index (χ4n) is 1.34. The summed E-state index contributed by atoms with van der Waals surface area (Å²) in [7, 11) is 0. The molecule has 2 rings (SSSR count). The number of anilines is 1. The third-order valence-corrected chi connectivity index (χ3v) is 2.30. The second kappa shape index (κ2) is 5.46. The molecule has 6 heteroatoms. The Bertz CT molecular complexity index is 429. The van der Waals surface area contributed by atoms with E-state index in [1.165, 1.54) is 0 Å². The SMILES string of the molecule is Clc1cc(NCCCn2ccnn2)ccn1. The summed E-state index contributed by atoms with van der Waals surface area (Å²) in [5.41, 5.74) is 0.985. The number of halogens is 1. The van der Waals surface area contributed by atoms with Crippen LogP contribution in [0.1, 0.15) is 6.42 Å². The lowest BCUT2D eigenvalue weighted by atomic mass is 10.3. The van der Waals surface area contributed by atoms with Crippen molar-refractivity contribution in [1.82, 2.24) is 20.0 Å². The molecule has 0 amide bonds. The second-order valence-corrected chi connectivity index (χ2v) is 3.70. The van der Waals surface area contributed by atoms with Crippen molar-refractivity contribution in [2.24, 2.45) is 0 Å². The summed E-state index contributed by atoms with van der Waals surface area (Å²) in [6.45, 7) is 1.71. The summed E-state index contributed by atoms with van der Waals surface area (Å²) in [5.74, 6) is 0. The number of aromatic nitrogens is 4. The van der Waals surface area contributed by atoms with Crippen LogP contribution in [0.5, 0.6) is 0 Å². The van der Waals surface area contributed by atoms with Crippen molar-refractivity contribution >= 4 is 17.3 Å². The zero-order chi connectivity index (χ0) is 11.2. The highest BCUT2D eigenvalue weighted by molar-refractivity contribution is 6.29. The monoisotopic (exact) mass is 237 g/mol. The highest BCUT2D eigenvalue weighted by Gasteiger charge is 1.95. The van der Waals surface area contributed by atoms with E-state index in [4.69, 9.17) is 11.6 Å². The molecule has 0 aliphatic rings. The Balaban J connectivity index is 1.72. The van der Waals surface area contributed by atoms with E-state index in [0.717, 1.165) is 25.2 Å². The molecule has 0 radical (unpaired) electrons. The van der Waals surface area contributed by atoms with Crippen molar-refractivity contribution in [3.8, 4) is 0 Å². The number of rotatable bonds is 5. The normalized spacial score (nSPS) is 10.3. The molecular formula is C10H12ClN5. The number of nitrogens with one attached hydrogen (secondary N) is 1. The molecule has 0 aliphatic heterocycles.